The zero-order valence-electron chi connectivity index (χ0n) is 13.5. The van der Waals surface area contributed by atoms with Gasteiger partial charge in [0.2, 0.25) is 0 Å². The van der Waals surface area contributed by atoms with Gasteiger partial charge < -0.3 is 51.6 Å². The Hall–Kier alpha value is -3.88. The van der Waals surface area contributed by atoms with Crippen molar-refractivity contribution >= 4 is 78.8 Å². The fraction of sp³-hybridized carbons (Fsp3) is 0. The van der Waals surface area contributed by atoms with Crippen molar-refractivity contribution < 1.29 is 0 Å². The van der Waals surface area contributed by atoms with E-state index in [1.54, 1.807) is 6.08 Å². The molecular formula is C16H21N9. The van der Waals surface area contributed by atoms with Crippen LogP contribution in [0.2, 0.25) is 0 Å². The minimum Gasteiger partial charge on any atom is -0.398 e. The van der Waals surface area contributed by atoms with Gasteiger partial charge in [0.1, 0.15) is 0 Å². The SMILES string of the molecule is C=Cc1c2c(N)c(N)c(N)c(N)c2c(N)c2c(N)c(N)c(N)c(N)c12. The number of hydrogen-bond donors (Lipinski definition) is 9. The van der Waals surface area contributed by atoms with Gasteiger partial charge in [0.05, 0.1) is 51.2 Å². The highest BCUT2D eigenvalue weighted by molar-refractivity contribution is 6.31. The molecule has 9 nitrogen and oxygen atoms in total. The molecule has 25 heavy (non-hydrogen) atoms. The highest BCUT2D eigenvalue weighted by atomic mass is 14.8. The first-order valence-corrected chi connectivity index (χ1v) is 7.29. The van der Waals surface area contributed by atoms with Crippen LogP contribution in [0.1, 0.15) is 5.56 Å². The van der Waals surface area contributed by atoms with Crippen molar-refractivity contribution in [3.8, 4) is 0 Å². The van der Waals surface area contributed by atoms with Gasteiger partial charge in [-0.3, -0.25) is 0 Å². The minimum atomic E-state index is 0.140. The van der Waals surface area contributed by atoms with Crippen LogP contribution >= 0.6 is 0 Å². The van der Waals surface area contributed by atoms with E-state index < -0.39 is 0 Å². The molecule has 0 aromatic heterocycles. The quantitative estimate of drug-likeness (QED) is 0.225. The molecule has 9 heteroatoms. The lowest BCUT2D eigenvalue weighted by Crippen LogP contribution is -2.10. The Labute approximate surface area is 143 Å². The number of benzene rings is 3. The van der Waals surface area contributed by atoms with Gasteiger partial charge in [-0.15, -0.1) is 0 Å². The lowest BCUT2D eigenvalue weighted by molar-refractivity contribution is 1.65. The van der Waals surface area contributed by atoms with Crippen LogP contribution < -0.4 is 51.6 Å². The van der Waals surface area contributed by atoms with Crippen molar-refractivity contribution in [3.05, 3.63) is 12.1 Å². The second-order valence-electron chi connectivity index (χ2n) is 5.84. The van der Waals surface area contributed by atoms with Crippen LogP contribution in [0.15, 0.2) is 6.58 Å². The molecule has 0 unspecified atom stereocenters. The zero-order valence-corrected chi connectivity index (χ0v) is 13.5. The third kappa shape index (κ3) is 1.71. The summed E-state index contributed by atoms with van der Waals surface area (Å²) in [4.78, 5) is 0. The monoisotopic (exact) mass is 339 g/mol. The predicted molar refractivity (Wildman–Crippen MR) is 111 cm³/mol. The van der Waals surface area contributed by atoms with Gasteiger partial charge in [0.15, 0.2) is 0 Å². The molecular weight excluding hydrogens is 318 g/mol. The summed E-state index contributed by atoms with van der Waals surface area (Å²) in [5, 5.41) is 1.81. The fourth-order valence-corrected chi connectivity index (χ4v) is 3.23. The van der Waals surface area contributed by atoms with Gasteiger partial charge >= 0.3 is 0 Å². The molecule has 18 N–H and O–H groups in total. The number of rotatable bonds is 1. The predicted octanol–water partition coefficient (Wildman–Crippen LogP) is 0.876. The molecule has 0 radical (unpaired) electrons. The van der Waals surface area contributed by atoms with Crippen LogP contribution in [0, 0.1) is 0 Å². The van der Waals surface area contributed by atoms with Crippen molar-refractivity contribution in [2.75, 3.05) is 51.6 Å². The van der Waals surface area contributed by atoms with Crippen molar-refractivity contribution in [3.63, 3.8) is 0 Å². The number of anilines is 9. The summed E-state index contributed by atoms with van der Waals surface area (Å²) in [6, 6.07) is 0. The molecule has 3 aromatic carbocycles. The van der Waals surface area contributed by atoms with E-state index >= 15 is 0 Å². The van der Waals surface area contributed by atoms with Gasteiger partial charge in [0, 0.05) is 21.5 Å². The minimum absolute atomic E-state index is 0.140. The highest BCUT2D eigenvalue weighted by Gasteiger charge is 2.24. The van der Waals surface area contributed by atoms with Crippen molar-refractivity contribution in [1.29, 1.82) is 0 Å². The van der Waals surface area contributed by atoms with E-state index in [0.717, 1.165) is 0 Å². The Balaban J connectivity index is 2.87. The van der Waals surface area contributed by atoms with Gasteiger partial charge in [-0.2, -0.15) is 0 Å². The fourth-order valence-electron chi connectivity index (χ4n) is 3.23. The maximum Gasteiger partial charge on any atom is 0.0810 e. The third-order valence-electron chi connectivity index (χ3n) is 4.60. The Morgan fingerprint density at radius 1 is 0.400 bits per heavy atom. The summed E-state index contributed by atoms with van der Waals surface area (Å²) in [6.07, 6.45) is 1.56. The first kappa shape index (κ1) is 16.0. The van der Waals surface area contributed by atoms with Crippen LogP contribution in [0.5, 0.6) is 0 Å². The molecule has 0 atom stereocenters. The van der Waals surface area contributed by atoms with Gasteiger partial charge in [0.25, 0.3) is 0 Å². The zero-order chi connectivity index (χ0) is 18.8. The van der Waals surface area contributed by atoms with E-state index in [0.29, 0.717) is 27.1 Å². The maximum absolute atomic E-state index is 6.36. The van der Waals surface area contributed by atoms with Crippen molar-refractivity contribution in [1.82, 2.24) is 0 Å². The molecule has 0 aliphatic carbocycles. The van der Waals surface area contributed by atoms with E-state index in [-0.39, 0.29) is 51.2 Å². The molecule has 3 rings (SSSR count). The van der Waals surface area contributed by atoms with Crippen molar-refractivity contribution in [2.45, 2.75) is 0 Å². The Morgan fingerprint density at radius 3 is 0.960 bits per heavy atom. The standard InChI is InChI=1S/C16H21N9/c1-2-3-4-6(11(20)15(24)13(22)9(4)18)8(17)7-5(3)10(19)14(23)16(25)12(7)21/h2H,1,17-25H2. The second kappa shape index (κ2) is 4.81. The summed E-state index contributed by atoms with van der Waals surface area (Å²) < 4.78 is 0. The molecule has 0 saturated heterocycles. The summed E-state index contributed by atoms with van der Waals surface area (Å²) in [7, 11) is 0. The van der Waals surface area contributed by atoms with Gasteiger partial charge in [-0.25, -0.2) is 0 Å². The van der Waals surface area contributed by atoms with Crippen LogP contribution in [-0.2, 0) is 0 Å². The van der Waals surface area contributed by atoms with E-state index in [9.17, 15) is 0 Å². The number of nitrogen functional groups attached to an aromatic ring is 9. The van der Waals surface area contributed by atoms with E-state index in [4.69, 9.17) is 51.6 Å². The smallest absolute Gasteiger partial charge is 0.0810 e. The second-order valence-corrected chi connectivity index (χ2v) is 5.84. The van der Waals surface area contributed by atoms with Crippen LogP contribution in [0.4, 0.5) is 51.2 Å². The lowest BCUT2D eigenvalue weighted by Gasteiger charge is -2.22. The average molecular weight is 339 g/mol. The number of nitrogens with two attached hydrogens (primary N) is 9. The Morgan fingerprint density at radius 2 is 0.680 bits per heavy atom. The average Bonchev–Trinajstić information content (AvgIpc) is 2.59. The molecule has 0 aliphatic rings. The molecule has 0 bridgehead atoms. The first-order valence-electron chi connectivity index (χ1n) is 7.29. The summed E-state index contributed by atoms with van der Waals surface area (Å²) in [5.74, 6) is 0. The summed E-state index contributed by atoms with van der Waals surface area (Å²) in [5.41, 5.74) is 57.1. The van der Waals surface area contributed by atoms with Crippen LogP contribution in [0.3, 0.4) is 0 Å². The molecule has 0 aliphatic heterocycles. The normalized spacial score (nSPS) is 11.2. The Bertz CT molecular complexity index is 1020. The van der Waals surface area contributed by atoms with Gasteiger partial charge in [-0.1, -0.05) is 12.7 Å². The molecule has 0 fully saturated rings. The maximum atomic E-state index is 6.36. The molecule has 3 aromatic rings. The third-order valence-corrected chi connectivity index (χ3v) is 4.60. The highest BCUT2D eigenvalue weighted by Crippen LogP contribution is 2.51. The van der Waals surface area contributed by atoms with E-state index in [2.05, 4.69) is 6.58 Å². The largest absolute Gasteiger partial charge is 0.398 e. The van der Waals surface area contributed by atoms with Gasteiger partial charge in [-0.05, 0) is 5.56 Å². The van der Waals surface area contributed by atoms with Crippen LogP contribution in [-0.4, -0.2) is 0 Å². The first-order chi connectivity index (χ1) is 11.6. The molecule has 0 spiro atoms. The Kier molecular flexibility index (Phi) is 3.07. The summed E-state index contributed by atoms with van der Waals surface area (Å²) in [6.45, 7) is 3.83. The summed E-state index contributed by atoms with van der Waals surface area (Å²) >= 11 is 0. The molecule has 0 saturated carbocycles. The van der Waals surface area contributed by atoms with E-state index in [1.807, 2.05) is 0 Å². The molecule has 130 valence electrons. The molecule has 0 amide bonds. The number of fused-ring (bicyclic) bond motifs is 2. The lowest BCUT2D eigenvalue weighted by atomic mass is 9.89. The topological polar surface area (TPSA) is 234 Å². The number of hydrogen-bond acceptors (Lipinski definition) is 9. The molecule has 0 heterocycles. The van der Waals surface area contributed by atoms with Crippen LogP contribution in [0.25, 0.3) is 27.6 Å². The van der Waals surface area contributed by atoms with E-state index in [1.165, 1.54) is 0 Å². The van der Waals surface area contributed by atoms with Crippen molar-refractivity contribution in [2.24, 2.45) is 0 Å².